The molecule has 1 aromatic rings. The third-order valence-electron chi connectivity index (χ3n) is 3.76. The zero-order chi connectivity index (χ0) is 11.8. The van der Waals surface area contributed by atoms with Gasteiger partial charge in [0.05, 0.1) is 12.6 Å². The van der Waals surface area contributed by atoms with Gasteiger partial charge in [0.15, 0.2) is 5.96 Å². The van der Waals surface area contributed by atoms with Gasteiger partial charge in [-0.3, -0.25) is 4.99 Å². The van der Waals surface area contributed by atoms with Crippen molar-refractivity contribution in [1.29, 1.82) is 0 Å². The van der Waals surface area contributed by atoms with Crippen molar-refractivity contribution in [2.75, 3.05) is 6.54 Å². The van der Waals surface area contributed by atoms with E-state index in [1.807, 2.05) is 0 Å². The van der Waals surface area contributed by atoms with Crippen molar-refractivity contribution in [3.05, 3.63) is 35.4 Å². The van der Waals surface area contributed by atoms with Crippen LogP contribution >= 0.6 is 0 Å². The predicted octanol–water partition coefficient (Wildman–Crippen LogP) is 2.08. The minimum Gasteiger partial charge on any atom is -0.370 e. The lowest BCUT2D eigenvalue weighted by Crippen LogP contribution is -2.38. The predicted molar refractivity (Wildman–Crippen MR) is 69.9 cm³/mol. The molecule has 0 radical (unpaired) electrons. The van der Waals surface area contributed by atoms with E-state index in [1.165, 1.54) is 24.0 Å². The quantitative estimate of drug-likeness (QED) is 0.862. The van der Waals surface area contributed by atoms with Crippen molar-refractivity contribution in [3.8, 4) is 0 Å². The van der Waals surface area contributed by atoms with Crippen LogP contribution < -0.4 is 5.73 Å². The normalized spacial score (nSPS) is 23.9. The average molecular weight is 229 g/mol. The lowest BCUT2D eigenvalue weighted by molar-refractivity contribution is 0.336. The van der Waals surface area contributed by atoms with E-state index in [9.17, 15) is 0 Å². The first kappa shape index (κ1) is 10.6. The number of nitrogens with two attached hydrogens (primary N) is 1. The van der Waals surface area contributed by atoms with Gasteiger partial charge in [-0.1, -0.05) is 31.2 Å². The fourth-order valence-electron chi connectivity index (χ4n) is 2.73. The van der Waals surface area contributed by atoms with E-state index in [0.717, 1.165) is 18.9 Å². The van der Waals surface area contributed by atoms with Crippen molar-refractivity contribution < 1.29 is 0 Å². The number of guanidine groups is 1. The molecule has 90 valence electrons. The second kappa shape index (κ2) is 4.06. The van der Waals surface area contributed by atoms with Crippen molar-refractivity contribution in [1.82, 2.24) is 4.90 Å². The third kappa shape index (κ3) is 1.79. The Morgan fingerprint density at radius 1 is 1.35 bits per heavy atom. The Morgan fingerprint density at radius 3 is 2.82 bits per heavy atom. The summed E-state index contributed by atoms with van der Waals surface area (Å²) >= 11 is 0. The number of nitrogens with zero attached hydrogens (tertiary/aromatic N) is 2. The smallest absolute Gasteiger partial charge is 0.192 e. The molecule has 0 spiro atoms. The lowest BCUT2D eigenvalue weighted by Gasteiger charge is -2.27. The number of benzene rings is 1. The van der Waals surface area contributed by atoms with E-state index < -0.39 is 0 Å². The Bertz CT molecular complexity index is 449. The van der Waals surface area contributed by atoms with E-state index in [1.54, 1.807) is 0 Å². The van der Waals surface area contributed by atoms with Gasteiger partial charge >= 0.3 is 0 Å². The Labute approximate surface area is 102 Å². The minimum atomic E-state index is 0.374. The second-order valence-corrected chi connectivity index (χ2v) is 4.91. The number of aryl methyl sites for hydroxylation is 1. The number of aliphatic imine (C=N–C) groups is 1. The van der Waals surface area contributed by atoms with E-state index >= 15 is 0 Å². The fraction of sp³-hybridized carbons (Fsp3) is 0.500. The van der Waals surface area contributed by atoms with Gasteiger partial charge in [-0.05, 0) is 30.4 Å². The van der Waals surface area contributed by atoms with E-state index in [4.69, 9.17) is 5.73 Å². The molecule has 1 aromatic carbocycles. The van der Waals surface area contributed by atoms with Crippen LogP contribution in [0, 0.1) is 0 Å². The molecule has 1 aliphatic carbocycles. The van der Waals surface area contributed by atoms with Gasteiger partial charge in [-0.2, -0.15) is 0 Å². The van der Waals surface area contributed by atoms with E-state index in [2.05, 4.69) is 41.1 Å². The average Bonchev–Trinajstić information content (AvgIpc) is 3.12. The summed E-state index contributed by atoms with van der Waals surface area (Å²) in [5.41, 5.74) is 8.85. The van der Waals surface area contributed by atoms with Gasteiger partial charge in [0.25, 0.3) is 0 Å². The van der Waals surface area contributed by atoms with Gasteiger partial charge in [0, 0.05) is 6.04 Å². The molecule has 1 fully saturated rings. The Morgan fingerprint density at radius 2 is 2.12 bits per heavy atom. The molecule has 1 unspecified atom stereocenters. The van der Waals surface area contributed by atoms with E-state index in [0.29, 0.717) is 12.1 Å². The molecule has 0 amide bonds. The zero-order valence-electron chi connectivity index (χ0n) is 10.3. The molecule has 3 nitrogen and oxygen atoms in total. The summed E-state index contributed by atoms with van der Waals surface area (Å²) in [6, 6.07) is 9.69. The van der Waals surface area contributed by atoms with Gasteiger partial charge in [-0.15, -0.1) is 0 Å². The number of hydrogen-bond acceptors (Lipinski definition) is 3. The SMILES string of the molecule is CCc1ccccc1C1CN=C(N)N1C1CC1. The Kier molecular flexibility index (Phi) is 2.54. The van der Waals surface area contributed by atoms with Crippen molar-refractivity contribution in [3.63, 3.8) is 0 Å². The standard InChI is InChI=1S/C14H19N3/c1-2-10-5-3-4-6-12(10)13-9-16-14(15)17(13)11-7-8-11/h3-6,11,13H,2,7-9H2,1H3,(H2,15,16). The molecule has 3 rings (SSSR count). The summed E-state index contributed by atoms with van der Waals surface area (Å²) in [5.74, 6) is 0.739. The molecule has 0 aromatic heterocycles. The van der Waals surface area contributed by atoms with E-state index in [-0.39, 0.29) is 0 Å². The highest BCUT2D eigenvalue weighted by Gasteiger charge is 2.39. The third-order valence-corrected chi connectivity index (χ3v) is 3.76. The van der Waals surface area contributed by atoms with Gasteiger partial charge in [0.1, 0.15) is 0 Å². The molecule has 1 saturated carbocycles. The largest absolute Gasteiger partial charge is 0.370 e. The fourth-order valence-corrected chi connectivity index (χ4v) is 2.73. The molecule has 3 heteroatoms. The first-order valence-electron chi connectivity index (χ1n) is 6.47. The van der Waals surface area contributed by atoms with Gasteiger partial charge in [-0.25, -0.2) is 0 Å². The minimum absolute atomic E-state index is 0.374. The second-order valence-electron chi connectivity index (χ2n) is 4.91. The molecule has 1 atom stereocenters. The van der Waals surface area contributed by atoms with Crippen LogP contribution in [-0.4, -0.2) is 23.4 Å². The molecule has 1 heterocycles. The zero-order valence-corrected chi connectivity index (χ0v) is 10.3. The van der Waals surface area contributed by atoms with Gasteiger partial charge in [0.2, 0.25) is 0 Å². The van der Waals surface area contributed by atoms with Crippen LogP contribution in [0.25, 0.3) is 0 Å². The Balaban J connectivity index is 1.93. The van der Waals surface area contributed by atoms with Crippen LogP contribution in [0.5, 0.6) is 0 Å². The molecule has 2 aliphatic rings. The van der Waals surface area contributed by atoms with Crippen molar-refractivity contribution >= 4 is 5.96 Å². The molecule has 17 heavy (non-hydrogen) atoms. The molecule has 2 N–H and O–H groups in total. The van der Waals surface area contributed by atoms with Crippen LogP contribution in [0.15, 0.2) is 29.3 Å². The topological polar surface area (TPSA) is 41.6 Å². The number of rotatable bonds is 3. The maximum Gasteiger partial charge on any atom is 0.192 e. The lowest BCUT2D eigenvalue weighted by atomic mass is 9.98. The van der Waals surface area contributed by atoms with Crippen LogP contribution in [-0.2, 0) is 6.42 Å². The molecule has 0 saturated heterocycles. The van der Waals surface area contributed by atoms with Crippen LogP contribution in [0.4, 0.5) is 0 Å². The maximum absolute atomic E-state index is 6.02. The number of hydrogen-bond donors (Lipinski definition) is 1. The summed E-state index contributed by atoms with van der Waals surface area (Å²) in [6.07, 6.45) is 3.60. The first-order valence-corrected chi connectivity index (χ1v) is 6.47. The van der Waals surface area contributed by atoms with Crippen LogP contribution in [0.3, 0.4) is 0 Å². The summed E-state index contributed by atoms with van der Waals surface area (Å²) in [7, 11) is 0. The highest BCUT2D eigenvalue weighted by Crippen LogP contribution is 2.37. The molecular formula is C14H19N3. The highest BCUT2D eigenvalue weighted by molar-refractivity contribution is 5.81. The maximum atomic E-state index is 6.02. The summed E-state index contributed by atoms with van der Waals surface area (Å²) in [6.45, 7) is 3.03. The Hall–Kier alpha value is -1.51. The molecular weight excluding hydrogens is 210 g/mol. The first-order chi connectivity index (χ1) is 8.31. The van der Waals surface area contributed by atoms with Gasteiger partial charge < -0.3 is 10.6 Å². The summed E-state index contributed by atoms with van der Waals surface area (Å²) < 4.78 is 0. The van der Waals surface area contributed by atoms with Crippen molar-refractivity contribution in [2.24, 2.45) is 10.7 Å². The monoisotopic (exact) mass is 229 g/mol. The molecule has 1 aliphatic heterocycles. The van der Waals surface area contributed by atoms with Crippen molar-refractivity contribution in [2.45, 2.75) is 38.3 Å². The van der Waals surface area contributed by atoms with Crippen LogP contribution in [0.2, 0.25) is 0 Å². The summed E-state index contributed by atoms with van der Waals surface area (Å²) in [4.78, 5) is 6.76. The highest BCUT2D eigenvalue weighted by atomic mass is 15.4. The van der Waals surface area contributed by atoms with Crippen LogP contribution in [0.1, 0.15) is 36.9 Å². The summed E-state index contributed by atoms with van der Waals surface area (Å²) in [5, 5.41) is 0. The molecule has 0 bridgehead atoms.